The standard InChI is InChI=1S/C28H46O3/c1-17(2)18(3)6-7-19(4)22-8-9-23-26-24(11-12-27(22,23)5)28(16-29)13-10-21(30)14-20(28)15-25(26)31/h15,17,19,21-26,29-31H,3,6-14,16H2,1-2,4-5H3/t19-,21+,22-,23+,24+,25-,26+,27-,28-/m1/s1. The first-order chi connectivity index (χ1) is 14.6. The van der Waals surface area contributed by atoms with E-state index in [1.54, 1.807) is 0 Å². The summed E-state index contributed by atoms with van der Waals surface area (Å²) < 4.78 is 0. The van der Waals surface area contributed by atoms with Crippen molar-refractivity contribution in [3.8, 4) is 0 Å². The molecule has 3 N–H and O–H groups in total. The minimum absolute atomic E-state index is 0.167. The Kier molecular flexibility index (Phi) is 6.53. The van der Waals surface area contributed by atoms with E-state index >= 15 is 0 Å². The van der Waals surface area contributed by atoms with Gasteiger partial charge in [0.2, 0.25) is 0 Å². The van der Waals surface area contributed by atoms with Gasteiger partial charge in [-0.3, -0.25) is 0 Å². The molecule has 31 heavy (non-hydrogen) atoms. The van der Waals surface area contributed by atoms with Crippen LogP contribution in [0.2, 0.25) is 0 Å². The van der Waals surface area contributed by atoms with Crippen molar-refractivity contribution in [3.05, 3.63) is 23.8 Å². The maximum Gasteiger partial charge on any atom is 0.0757 e. The van der Waals surface area contributed by atoms with Gasteiger partial charge in [0.25, 0.3) is 0 Å². The first-order valence-corrected chi connectivity index (χ1v) is 13.0. The quantitative estimate of drug-likeness (QED) is 0.488. The third-order valence-corrected chi connectivity index (χ3v) is 10.6. The summed E-state index contributed by atoms with van der Waals surface area (Å²) in [7, 11) is 0. The van der Waals surface area contributed by atoms with Crippen LogP contribution in [0.15, 0.2) is 23.8 Å². The van der Waals surface area contributed by atoms with E-state index in [1.165, 1.54) is 31.3 Å². The fourth-order valence-electron chi connectivity index (χ4n) is 8.61. The van der Waals surface area contributed by atoms with E-state index in [1.807, 2.05) is 0 Å². The maximum atomic E-state index is 11.3. The predicted octanol–water partition coefficient (Wildman–Crippen LogP) is 5.50. The molecule has 0 unspecified atom stereocenters. The zero-order valence-electron chi connectivity index (χ0n) is 20.3. The fourth-order valence-corrected chi connectivity index (χ4v) is 8.61. The van der Waals surface area contributed by atoms with Gasteiger partial charge in [0, 0.05) is 5.41 Å². The molecular formula is C28H46O3. The second-order valence-electron chi connectivity index (χ2n) is 12.2. The highest BCUT2D eigenvalue weighted by Crippen LogP contribution is 2.67. The zero-order chi connectivity index (χ0) is 22.6. The molecule has 0 aliphatic heterocycles. The summed E-state index contributed by atoms with van der Waals surface area (Å²) in [6.07, 6.45) is 10.7. The Morgan fingerprint density at radius 2 is 1.84 bits per heavy atom. The molecule has 0 bridgehead atoms. The molecule has 0 saturated heterocycles. The molecule has 3 heteroatoms. The van der Waals surface area contributed by atoms with Crippen LogP contribution < -0.4 is 0 Å². The van der Waals surface area contributed by atoms with Gasteiger partial charge in [-0.25, -0.2) is 0 Å². The Balaban J connectivity index is 1.56. The highest BCUT2D eigenvalue weighted by atomic mass is 16.3. The van der Waals surface area contributed by atoms with Gasteiger partial charge in [0.15, 0.2) is 0 Å². The Labute approximate surface area is 190 Å². The summed E-state index contributed by atoms with van der Waals surface area (Å²) in [6.45, 7) is 13.9. The summed E-state index contributed by atoms with van der Waals surface area (Å²) in [5, 5.41) is 32.1. The number of hydrogen-bond donors (Lipinski definition) is 3. The SMILES string of the molecule is C=C(CC[C@@H](C)[C@H]1CC[C@H]2[C@@H]3[C@H](O)C=C4C[C@@H](O)CC[C@]4(CO)[C@H]3CC[C@]12C)C(C)C. The molecule has 3 saturated carbocycles. The molecule has 176 valence electrons. The van der Waals surface area contributed by atoms with Gasteiger partial charge in [-0.15, -0.1) is 0 Å². The summed E-state index contributed by atoms with van der Waals surface area (Å²) in [5.74, 6) is 3.12. The van der Waals surface area contributed by atoms with E-state index in [0.717, 1.165) is 31.3 Å². The van der Waals surface area contributed by atoms with Crippen molar-refractivity contribution in [1.82, 2.24) is 0 Å². The highest BCUT2D eigenvalue weighted by molar-refractivity contribution is 5.29. The van der Waals surface area contributed by atoms with Crippen LogP contribution >= 0.6 is 0 Å². The van der Waals surface area contributed by atoms with Crippen LogP contribution in [-0.4, -0.2) is 34.1 Å². The second kappa shape index (κ2) is 8.61. The number of fused-ring (bicyclic) bond motifs is 5. The first kappa shape index (κ1) is 23.5. The van der Waals surface area contributed by atoms with Crippen LogP contribution in [0, 0.1) is 46.3 Å². The Bertz CT molecular complexity index is 711. The van der Waals surface area contributed by atoms with Gasteiger partial charge in [-0.05, 0) is 98.7 Å². The second-order valence-corrected chi connectivity index (χ2v) is 12.2. The van der Waals surface area contributed by atoms with Crippen LogP contribution in [0.1, 0.15) is 85.5 Å². The van der Waals surface area contributed by atoms with E-state index in [4.69, 9.17) is 0 Å². The normalized spacial score (nSPS) is 45.5. The van der Waals surface area contributed by atoms with Crippen molar-refractivity contribution in [2.75, 3.05) is 6.61 Å². The molecule has 0 aromatic carbocycles. The smallest absolute Gasteiger partial charge is 0.0757 e. The van der Waals surface area contributed by atoms with E-state index in [2.05, 4.69) is 40.3 Å². The van der Waals surface area contributed by atoms with Gasteiger partial charge in [-0.2, -0.15) is 0 Å². The number of rotatable bonds is 6. The van der Waals surface area contributed by atoms with E-state index in [0.29, 0.717) is 36.0 Å². The number of hydrogen-bond acceptors (Lipinski definition) is 3. The summed E-state index contributed by atoms with van der Waals surface area (Å²) in [5.41, 5.74) is 2.60. The largest absolute Gasteiger partial charge is 0.395 e. The lowest BCUT2D eigenvalue weighted by Crippen LogP contribution is -2.57. The van der Waals surface area contributed by atoms with Gasteiger partial charge >= 0.3 is 0 Å². The summed E-state index contributed by atoms with van der Waals surface area (Å²) >= 11 is 0. The summed E-state index contributed by atoms with van der Waals surface area (Å²) in [6, 6.07) is 0. The first-order valence-electron chi connectivity index (χ1n) is 13.0. The highest BCUT2D eigenvalue weighted by Gasteiger charge is 2.62. The lowest BCUT2D eigenvalue weighted by molar-refractivity contribution is -0.114. The van der Waals surface area contributed by atoms with Crippen LogP contribution in [0.4, 0.5) is 0 Å². The number of aliphatic hydroxyl groups is 3. The minimum atomic E-state index is -0.427. The molecule has 3 fully saturated rings. The maximum absolute atomic E-state index is 11.3. The van der Waals surface area contributed by atoms with Crippen LogP contribution in [0.3, 0.4) is 0 Å². The van der Waals surface area contributed by atoms with Crippen molar-refractivity contribution in [2.45, 2.75) is 97.7 Å². The zero-order valence-corrected chi connectivity index (χ0v) is 20.3. The molecule has 3 nitrogen and oxygen atoms in total. The van der Waals surface area contributed by atoms with Gasteiger partial charge in [-0.1, -0.05) is 51.5 Å². The van der Waals surface area contributed by atoms with Gasteiger partial charge in [0.05, 0.1) is 18.8 Å². The molecule has 4 aliphatic rings. The molecule has 0 spiro atoms. The third kappa shape index (κ3) is 3.77. The Morgan fingerprint density at radius 1 is 1.10 bits per heavy atom. The average Bonchev–Trinajstić information content (AvgIpc) is 3.08. The fraction of sp³-hybridized carbons (Fsp3) is 0.857. The average molecular weight is 431 g/mol. The predicted molar refractivity (Wildman–Crippen MR) is 126 cm³/mol. The van der Waals surface area contributed by atoms with E-state index in [-0.39, 0.29) is 29.5 Å². The van der Waals surface area contributed by atoms with Crippen molar-refractivity contribution >= 4 is 0 Å². The van der Waals surface area contributed by atoms with Crippen LogP contribution in [-0.2, 0) is 0 Å². The van der Waals surface area contributed by atoms with Crippen molar-refractivity contribution < 1.29 is 15.3 Å². The Morgan fingerprint density at radius 3 is 2.52 bits per heavy atom. The van der Waals surface area contributed by atoms with Crippen molar-refractivity contribution in [3.63, 3.8) is 0 Å². The molecule has 0 amide bonds. The molecule has 0 radical (unpaired) electrons. The van der Waals surface area contributed by atoms with E-state index in [9.17, 15) is 15.3 Å². The van der Waals surface area contributed by atoms with Crippen LogP contribution in [0.25, 0.3) is 0 Å². The molecule has 0 aromatic heterocycles. The molecule has 4 rings (SSSR count). The monoisotopic (exact) mass is 430 g/mol. The molecule has 9 atom stereocenters. The summed E-state index contributed by atoms with van der Waals surface area (Å²) in [4.78, 5) is 0. The lowest BCUT2D eigenvalue weighted by atomic mass is 9.46. The Hall–Kier alpha value is -0.640. The van der Waals surface area contributed by atoms with Crippen molar-refractivity contribution in [1.29, 1.82) is 0 Å². The topological polar surface area (TPSA) is 60.7 Å². The molecule has 4 aliphatic carbocycles. The molecule has 0 aromatic rings. The number of aliphatic hydroxyl groups excluding tert-OH is 3. The lowest BCUT2D eigenvalue weighted by Gasteiger charge is -2.60. The van der Waals surface area contributed by atoms with Gasteiger partial charge in [0.1, 0.15) is 0 Å². The van der Waals surface area contributed by atoms with Crippen LogP contribution in [0.5, 0.6) is 0 Å². The molecule has 0 heterocycles. The van der Waals surface area contributed by atoms with Crippen molar-refractivity contribution in [2.24, 2.45) is 46.3 Å². The number of allylic oxidation sites excluding steroid dienone is 1. The minimum Gasteiger partial charge on any atom is -0.395 e. The third-order valence-electron chi connectivity index (χ3n) is 10.6. The molecular weight excluding hydrogens is 384 g/mol. The van der Waals surface area contributed by atoms with E-state index < -0.39 is 6.10 Å². The van der Waals surface area contributed by atoms with Gasteiger partial charge < -0.3 is 15.3 Å².